The van der Waals surface area contributed by atoms with E-state index in [0.717, 1.165) is 44.3 Å². The van der Waals surface area contributed by atoms with Gasteiger partial charge in [0.25, 0.3) is 0 Å². The number of carboxylic acids is 1. The number of fused-ring (bicyclic) bond motifs is 1. The normalized spacial score (nSPS) is 20.9. The average Bonchev–Trinajstić information content (AvgIpc) is 2.65. The van der Waals surface area contributed by atoms with Gasteiger partial charge in [-0.25, -0.2) is 0 Å². The minimum absolute atomic E-state index is 0.159. The van der Waals surface area contributed by atoms with Gasteiger partial charge >= 0.3 is 5.97 Å². The molecule has 1 N–H and O–H groups in total. The molecule has 0 aliphatic carbocycles. The fourth-order valence-corrected chi connectivity index (χ4v) is 4.20. The van der Waals surface area contributed by atoms with Crippen LogP contribution in [0.25, 0.3) is 0 Å². The van der Waals surface area contributed by atoms with Gasteiger partial charge in [0, 0.05) is 43.3 Å². The fraction of sp³-hybridized carbons (Fsp3) is 0.619. The van der Waals surface area contributed by atoms with Crippen LogP contribution in [0.4, 0.5) is 5.69 Å². The lowest BCUT2D eigenvalue weighted by atomic mass is 9.95. The molecular weight excluding hydrogens is 328 g/mol. The Morgan fingerprint density at radius 1 is 1.23 bits per heavy atom. The maximum atomic E-state index is 12.6. The molecule has 1 saturated heterocycles. The number of piperidine rings is 1. The summed E-state index contributed by atoms with van der Waals surface area (Å²) in [5.74, 6) is -0.845. The molecule has 0 saturated carbocycles. The summed E-state index contributed by atoms with van der Waals surface area (Å²) in [4.78, 5) is 28.4. The zero-order valence-electron chi connectivity index (χ0n) is 15.9. The van der Waals surface area contributed by atoms with E-state index in [1.54, 1.807) is 0 Å². The number of carbonyl (C=O) groups is 2. The van der Waals surface area contributed by atoms with Crippen LogP contribution in [-0.2, 0) is 11.2 Å². The highest BCUT2D eigenvalue weighted by Crippen LogP contribution is 2.30. The van der Waals surface area contributed by atoms with Gasteiger partial charge in [-0.15, -0.1) is 0 Å². The minimum atomic E-state index is -0.717. The number of aryl methyl sites for hydroxylation is 1. The van der Waals surface area contributed by atoms with Crippen LogP contribution >= 0.6 is 0 Å². The van der Waals surface area contributed by atoms with E-state index in [1.165, 1.54) is 11.3 Å². The molecule has 1 unspecified atom stereocenters. The summed E-state index contributed by atoms with van der Waals surface area (Å²) < 4.78 is 0. The summed E-state index contributed by atoms with van der Waals surface area (Å²) in [6, 6.07) is 6.60. The molecular formula is C21H30N2O3. The molecule has 0 spiro atoms. The van der Waals surface area contributed by atoms with Gasteiger partial charge in [0.2, 0.25) is 0 Å². The molecule has 3 rings (SSSR count). The molecule has 26 heavy (non-hydrogen) atoms. The van der Waals surface area contributed by atoms with Crippen LogP contribution in [0.2, 0.25) is 0 Å². The highest BCUT2D eigenvalue weighted by molar-refractivity contribution is 5.97. The van der Waals surface area contributed by atoms with Gasteiger partial charge in [-0.05, 0) is 69.8 Å². The van der Waals surface area contributed by atoms with Gasteiger partial charge in [-0.2, -0.15) is 0 Å². The van der Waals surface area contributed by atoms with Crippen molar-refractivity contribution >= 4 is 17.4 Å². The molecule has 2 aliphatic rings. The number of likely N-dealkylation sites (tertiary alicyclic amines) is 1. The SMILES string of the molecule is CC(C)N1CCCc2cc(C(=O)CCN3CCCC(C(=O)O)C3)ccc21. The van der Waals surface area contributed by atoms with Crippen molar-refractivity contribution in [2.24, 2.45) is 5.92 Å². The van der Waals surface area contributed by atoms with Crippen molar-refractivity contribution in [3.63, 3.8) is 0 Å². The number of hydrogen-bond donors (Lipinski definition) is 1. The number of benzene rings is 1. The van der Waals surface area contributed by atoms with Crippen LogP contribution in [-0.4, -0.2) is 54.0 Å². The van der Waals surface area contributed by atoms with Gasteiger partial charge in [0.1, 0.15) is 0 Å². The molecule has 0 aromatic heterocycles. The Morgan fingerprint density at radius 2 is 2.04 bits per heavy atom. The second-order valence-corrected chi connectivity index (χ2v) is 7.89. The summed E-state index contributed by atoms with van der Waals surface area (Å²) >= 11 is 0. The Labute approximate surface area is 156 Å². The lowest BCUT2D eigenvalue weighted by Gasteiger charge is -2.35. The van der Waals surface area contributed by atoms with Gasteiger partial charge in [0.05, 0.1) is 5.92 Å². The maximum Gasteiger partial charge on any atom is 0.307 e. The molecule has 2 aliphatic heterocycles. The van der Waals surface area contributed by atoms with Crippen molar-refractivity contribution in [2.45, 2.75) is 52.0 Å². The number of hydrogen-bond acceptors (Lipinski definition) is 4. The first-order valence-corrected chi connectivity index (χ1v) is 9.83. The van der Waals surface area contributed by atoms with Crippen LogP contribution < -0.4 is 4.90 Å². The number of aliphatic carboxylic acids is 1. The van der Waals surface area contributed by atoms with Gasteiger partial charge in [-0.1, -0.05) is 0 Å². The van der Waals surface area contributed by atoms with E-state index in [-0.39, 0.29) is 11.7 Å². The van der Waals surface area contributed by atoms with Gasteiger partial charge in [0.15, 0.2) is 5.78 Å². The average molecular weight is 358 g/mol. The van der Waals surface area contributed by atoms with Crippen molar-refractivity contribution in [1.29, 1.82) is 0 Å². The zero-order valence-corrected chi connectivity index (χ0v) is 15.9. The summed E-state index contributed by atoms with van der Waals surface area (Å²) in [6.07, 6.45) is 4.27. The predicted molar refractivity (Wildman–Crippen MR) is 103 cm³/mol. The Bertz CT molecular complexity index is 671. The predicted octanol–water partition coefficient (Wildman–Crippen LogP) is 3.22. The van der Waals surface area contributed by atoms with Crippen LogP contribution in [0, 0.1) is 5.92 Å². The Balaban J connectivity index is 1.61. The summed E-state index contributed by atoms with van der Waals surface area (Å²) in [7, 11) is 0. The molecule has 2 heterocycles. The Hall–Kier alpha value is -1.88. The van der Waals surface area contributed by atoms with Crippen molar-refractivity contribution in [3.05, 3.63) is 29.3 Å². The van der Waals surface area contributed by atoms with Gasteiger partial charge < -0.3 is 14.9 Å². The number of anilines is 1. The summed E-state index contributed by atoms with van der Waals surface area (Å²) in [5.41, 5.74) is 3.34. The lowest BCUT2D eigenvalue weighted by molar-refractivity contribution is -0.143. The topological polar surface area (TPSA) is 60.9 Å². The molecule has 5 heteroatoms. The van der Waals surface area contributed by atoms with Gasteiger partial charge in [-0.3, -0.25) is 9.59 Å². The molecule has 5 nitrogen and oxygen atoms in total. The lowest BCUT2D eigenvalue weighted by Crippen LogP contribution is -2.39. The van der Waals surface area contributed by atoms with Crippen molar-refractivity contribution in [1.82, 2.24) is 4.90 Å². The third-order valence-electron chi connectivity index (χ3n) is 5.69. The summed E-state index contributed by atoms with van der Waals surface area (Å²) in [6.45, 7) is 7.60. The Morgan fingerprint density at radius 3 is 2.77 bits per heavy atom. The molecule has 1 fully saturated rings. The fourth-order valence-electron chi connectivity index (χ4n) is 4.20. The van der Waals surface area contributed by atoms with Crippen LogP contribution in [0.1, 0.15) is 55.5 Å². The van der Waals surface area contributed by atoms with E-state index in [0.29, 0.717) is 25.6 Å². The first-order chi connectivity index (χ1) is 12.5. The van der Waals surface area contributed by atoms with Crippen LogP contribution in [0.15, 0.2) is 18.2 Å². The van der Waals surface area contributed by atoms with E-state index in [4.69, 9.17) is 0 Å². The van der Waals surface area contributed by atoms with Crippen molar-refractivity contribution in [2.75, 3.05) is 31.1 Å². The number of Topliss-reactive ketones (excluding diaryl/α,β-unsaturated/α-hetero) is 1. The zero-order chi connectivity index (χ0) is 18.7. The molecule has 1 aromatic carbocycles. The maximum absolute atomic E-state index is 12.6. The second kappa shape index (κ2) is 8.21. The molecule has 1 atom stereocenters. The molecule has 0 amide bonds. The minimum Gasteiger partial charge on any atom is -0.481 e. The quantitative estimate of drug-likeness (QED) is 0.791. The third-order valence-corrected chi connectivity index (χ3v) is 5.69. The standard InChI is InChI=1S/C21H30N2O3/c1-15(2)23-11-4-5-16-13-17(7-8-19(16)23)20(24)9-12-22-10-3-6-18(14-22)21(25)26/h7-8,13,15,18H,3-6,9-12,14H2,1-2H3,(H,25,26). The number of rotatable bonds is 6. The largest absolute Gasteiger partial charge is 0.481 e. The van der Waals surface area contributed by atoms with E-state index >= 15 is 0 Å². The monoisotopic (exact) mass is 358 g/mol. The number of carbonyl (C=O) groups excluding carboxylic acids is 1. The van der Waals surface area contributed by atoms with Crippen LogP contribution in [0.3, 0.4) is 0 Å². The first kappa shape index (κ1) is 18.9. The van der Waals surface area contributed by atoms with Crippen LogP contribution in [0.5, 0.6) is 0 Å². The van der Waals surface area contributed by atoms with E-state index in [9.17, 15) is 14.7 Å². The highest BCUT2D eigenvalue weighted by Gasteiger charge is 2.26. The second-order valence-electron chi connectivity index (χ2n) is 7.89. The number of ketones is 1. The molecule has 142 valence electrons. The van der Waals surface area contributed by atoms with Crippen molar-refractivity contribution < 1.29 is 14.7 Å². The molecule has 1 aromatic rings. The van der Waals surface area contributed by atoms with E-state index in [1.807, 2.05) is 6.07 Å². The highest BCUT2D eigenvalue weighted by atomic mass is 16.4. The third kappa shape index (κ3) is 4.26. The van der Waals surface area contributed by atoms with E-state index < -0.39 is 5.97 Å². The van der Waals surface area contributed by atoms with E-state index in [2.05, 4.69) is 35.8 Å². The molecule has 0 radical (unpaired) electrons. The van der Waals surface area contributed by atoms with Crippen molar-refractivity contribution in [3.8, 4) is 0 Å². The Kier molecular flexibility index (Phi) is 5.97. The smallest absolute Gasteiger partial charge is 0.307 e. The first-order valence-electron chi connectivity index (χ1n) is 9.83. The summed E-state index contributed by atoms with van der Waals surface area (Å²) in [5, 5.41) is 9.19. The number of carboxylic acid groups (broad SMARTS) is 1. The molecule has 0 bridgehead atoms. The number of nitrogens with zero attached hydrogens (tertiary/aromatic N) is 2.